The maximum absolute atomic E-state index is 11.6. The first-order chi connectivity index (χ1) is 11.3. The number of aryl methyl sites for hydroxylation is 1. The number of rotatable bonds is 7. The Morgan fingerprint density at radius 1 is 1.04 bits per heavy atom. The third-order valence-corrected chi connectivity index (χ3v) is 4.34. The quantitative estimate of drug-likeness (QED) is 0.763. The number of ether oxygens (including phenoxy) is 3. The molecular formula is C18H22O5S. The third-order valence-electron chi connectivity index (χ3n) is 3.23. The van der Waals surface area contributed by atoms with Crippen LogP contribution in [-0.4, -0.2) is 34.5 Å². The average Bonchev–Trinajstić information content (AvgIpc) is 2.46. The van der Waals surface area contributed by atoms with Crippen LogP contribution in [0.4, 0.5) is 0 Å². The highest BCUT2D eigenvalue weighted by molar-refractivity contribution is 7.90. The summed E-state index contributed by atoms with van der Waals surface area (Å²) in [7, 11) is -1.65. The second-order valence-corrected chi connectivity index (χ2v) is 7.73. The Morgan fingerprint density at radius 3 is 2.42 bits per heavy atom. The van der Waals surface area contributed by atoms with Gasteiger partial charge in [-0.1, -0.05) is 6.07 Å². The minimum absolute atomic E-state index is 0.0850. The Hall–Kier alpha value is -2.05. The molecule has 130 valence electrons. The molecule has 24 heavy (non-hydrogen) atoms. The van der Waals surface area contributed by atoms with E-state index in [1.165, 1.54) is 12.3 Å². The molecule has 2 rings (SSSR count). The summed E-state index contributed by atoms with van der Waals surface area (Å²) in [5.41, 5.74) is 0.978. The van der Waals surface area contributed by atoms with Crippen molar-refractivity contribution in [1.29, 1.82) is 0 Å². The molecule has 0 aliphatic rings. The van der Waals surface area contributed by atoms with E-state index in [1.807, 2.05) is 26.0 Å². The molecule has 0 aliphatic heterocycles. The van der Waals surface area contributed by atoms with Crippen LogP contribution >= 0.6 is 0 Å². The Labute approximate surface area is 143 Å². The van der Waals surface area contributed by atoms with Crippen molar-refractivity contribution < 1.29 is 22.6 Å². The molecule has 0 bridgehead atoms. The minimum Gasteiger partial charge on any atom is -0.488 e. The molecule has 0 aromatic heterocycles. The molecule has 2 aromatic rings. The molecule has 0 spiro atoms. The molecule has 0 saturated heterocycles. The maximum atomic E-state index is 11.6. The number of methoxy groups -OCH3 is 1. The van der Waals surface area contributed by atoms with Crippen LogP contribution in [0.15, 0.2) is 47.4 Å². The van der Waals surface area contributed by atoms with Crippen LogP contribution in [0.2, 0.25) is 0 Å². The van der Waals surface area contributed by atoms with Gasteiger partial charge in [-0.25, -0.2) is 8.42 Å². The average molecular weight is 350 g/mol. The molecule has 0 saturated carbocycles. The molecule has 0 aliphatic carbocycles. The van der Waals surface area contributed by atoms with Gasteiger partial charge in [0.1, 0.15) is 23.4 Å². The van der Waals surface area contributed by atoms with Crippen LogP contribution < -0.4 is 9.47 Å². The van der Waals surface area contributed by atoms with Crippen LogP contribution in [-0.2, 0) is 14.6 Å². The van der Waals surface area contributed by atoms with Crippen molar-refractivity contribution in [1.82, 2.24) is 0 Å². The van der Waals surface area contributed by atoms with Gasteiger partial charge < -0.3 is 14.2 Å². The van der Waals surface area contributed by atoms with E-state index >= 15 is 0 Å². The number of hydrogen-bond donors (Lipinski definition) is 0. The van der Waals surface area contributed by atoms with Gasteiger partial charge in [0.15, 0.2) is 9.84 Å². The van der Waals surface area contributed by atoms with Gasteiger partial charge in [-0.3, -0.25) is 0 Å². The zero-order valence-corrected chi connectivity index (χ0v) is 15.1. The first kappa shape index (κ1) is 18.3. The van der Waals surface area contributed by atoms with Crippen molar-refractivity contribution >= 4 is 9.84 Å². The fraction of sp³-hybridized carbons (Fsp3) is 0.333. The fourth-order valence-electron chi connectivity index (χ4n) is 2.25. The van der Waals surface area contributed by atoms with Gasteiger partial charge in [0.25, 0.3) is 0 Å². The van der Waals surface area contributed by atoms with E-state index in [0.29, 0.717) is 23.9 Å². The Balaban J connectivity index is 2.22. The second-order valence-electron chi connectivity index (χ2n) is 5.71. The summed E-state index contributed by atoms with van der Waals surface area (Å²) in [6.45, 7) is 4.34. The molecule has 5 nitrogen and oxygen atoms in total. The molecular weight excluding hydrogens is 328 g/mol. The van der Waals surface area contributed by atoms with E-state index in [0.717, 1.165) is 5.56 Å². The van der Waals surface area contributed by atoms with E-state index in [-0.39, 0.29) is 11.0 Å². The topological polar surface area (TPSA) is 61.8 Å². The third kappa shape index (κ3) is 5.25. The summed E-state index contributed by atoms with van der Waals surface area (Å²) >= 11 is 0. The van der Waals surface area contributed by atoms with Crippen LogP contribution in [0, 0.1) is 6.92 Å². The summed E-state index contributed by atoms with van der Waals surface area (Å²) < 4.78 is 39.9. The lowest BCUT2D eigenvalue weighted by Gasteiger charge is -2.15. The highest BCUT2D eigenvalue weighted by Gasteiger charge is 2.10. The lowest BCUT2D eigenvalue weighted by molar-refractivity contribution is 0.0919. The normalized spacial score (nSPS) is 12.7. The first-order valence-corrected chi connectivity index (χ1v) is 9.42. The fourth-order valence-corrected chi connectivity index (χ4v) is 2.90. The smallest absolute Gasteiger partial charge is 0.175 e. The van der Waals surface area contributed by atoms with E-state index in [2.05, 4.69) is 0 Å². The highest BCUT2D eigenvalue weighted by atomic mass is 32.2. The first-order valence-electron chi connectivity index (χ1n) is 7.53. The lowest BCUT2D eigenvalue weighted by Crippen LogP contribution is -2.17. The molecule has 1 atom stereocenters. The molecule has 6 heteroatoms. The minimum atomic E-state index is -3.27. The summed E-state index contributed by atoms with van der Waals surface area (Å²) in [6.07, 6.45) is 1.08. The van der Waals surface area contributed by atoms with Gasteiger partial charge in [-0.2, -0.15) is 0 Å². The molecule has 2 aromatic carbocycles. The Morgan fingerprint density at radius 2 is 1.75 bits per heavy atom. The zero-order valence-electron chi connectivity index (χ0n) is 14.3. The number of hydrogen-bond acceptors (Lipinski definition) is 5. The van der Waals surface area contributed by atoms with Crippen molar-refractivity contribution in [3.63, 3.8) is 0 Å². The molecule has 0 heterocycles. The van der Waals surface area contributed by atoms with Crippen molar-refractivity contribution in [2.45, 2.75) is 24.8 Å². The largest absolute Gasteiger partial charge is 0.488 e. The molecule has 0 amide bonds. The second kappa shape index (κ2) is 7.68. The molecule has 1 unspecified atom stereocenters. The van der Waals surface area contributed by atoms with Crippen LogP contribution in [0.25, 0.3) is 0 Å². The van der Waals surface area contributed by atoms with E-state index in [9.17, 15) is 8.42 Å². The number of sulfone groups is 1. The predicted molar refractivity (Wildman–Crippen MR) is 92.8 cm³/mol. The van der Waals surface area contributed by atoms with Crippen molar-refractivity contribution in [3.8, 4) is 17.2 Å². The summed E-state index contributed by atoms with van der Waals surface area (Å²) in [5, 5.41) is 0. The number of benzene rings is 2. The van der Waals surface area contributed by atoms with Crippen LogP contribution in [0.3, 0.4) is 0 Å². The van der Waals surface area contributed by atoms with Gasteiger partial charge in [0.2, 0.25) is 0 Å². The summed E-state index contributed by atoms with van der Waals surface area (Å²) in [6, 6.07) is 12.0. The Bertz CT molecular complexity index is 799. The standard InChI is InChI=1S/C18H22O5S/c1-13-8-16(22-14(2)12-21-3)10-17(9-13)23-15-6-5-7-18(11-15)24(4,19)20/h5-11,14H,12H2,1-4H3. The Kier molecular flexibility index (Phi) is 5.85. The van der Waals surface area contributed by atoms with Crippen molar-refractivity contribution in [3.05, 3.63) is 48.0 Å². The van der Waals surface area contributed by atoms with E-state index < -0.39 is 9.84 Å². The van der Waals surface area contributed by atoms with E-state index in [4.69, 9.17) is 14.2 Å². The predicted octanol–water partition coefficient (Wildman–Crippen LogP) is 3.60. The summed E-state index contributed by atoms with van der Waals surface area (Å²) in [5.74, 6) is 1.72. The van der Waals surface area contributed by atoms with Crippen LogP contribution in [0.1, 0.15) is 12.5 Å². The zero-order chi connectivity index (χ0) is 17.7. The van der Waals surface area contributed by atoms with Gasteiger partial charge >= 0.3 is 0 Å². The molecule has 0 radical (unpaired) electrons. The lowest BCUT2D eigenvalue weighted by atomic mass is 10.2. The van der Waals surface area contributed by atoms with Gasteiger partial charge in [-0.15, -0.1) is 0 Å². The molecule has 0 fully saturated rings. The van der Waals surface area contributed by atoms with Gasteiger partial charge in [0, 0.05) is 19.4 Å². The van der Waals surface area contributed by atoms with Crippen molar-refractivity contribution in [2.75, 3.05) is 20.0 Å². The highest BCUT2D eigenvalue weighted by Crippen LogP contribution is 2.29. The van der Waals surface area contributed by atoms with Crippen LogP contribution in [0.5, 0.6) is 17.2 Å². The SMILES string of the molecule is COCC(C)Oc1cc(C)cc(Oc2cccc(S(C)(=O)=O)c2)c1. The van der Waals surface area contributed by atoms with Crippen molar-refractivity contribution in [2.24, 2.45) is 0 Å². The maximum Gasteiger partial charge on any atom is 0.175 e. The molecule has 0 N–H and O–H groups in total. The van der Waals surface area contributed by atoms with E-state index in [1.54, 1.807) is 31.4 Å². The monoisotopic (exact) mass is 350 g/mol. The van der Waals surface area contributed by atoms with Gasteiger partial charge in [0.05, 0.1) is 11.5 Å². The summed E-state index contributed by atoms with van der Waals surface area (Å²) in [4.78, 5) is 0.220. The van der Waals surface area contributed by atoms with Gasteiger partial charge in [-0.05, 0) is 49.7 Å².